The summed E-state index contributed by atoms with van der Waals surface area (Å²) in [5.74, 6) is 0. The van der Waals surface area contributed by atoms with Crippen molar-refractivity contribution in [2.45, 2.75) is 26.2 Å². The van der Waals surface area contributed by atoms with Crippen LogP contribution in [0.15, 0.2) is 200 Å². The summed E-state index contributed by atoms with van der Waals surface area (Å²) < 4.78 is 29.3. The van der Waals surface area contributed by atoms with Crippen molar-refractivity contribution in [3.05, 3.63) is 206 Å². The van der Waals surface area contributed by atoms with Crippen LogP contribution in [0.5, 0.6) is 0 Å². The Kier molecular flexibility index (Phi) is 8.34. The van der Waals surface area contributed by atoms with E-state index in [0.29, 0.717) is 5.69 Å². The molecule has 11 rings (SSSR count). The zero-order valence-electron chi connectivity index (χ0n) is 37.2. The van der Waals surface area contributed by atoms with E-state index in [-0.39, 0.29) is 12.1 Å². The molecule has 3 heterocycles. The van der Waals surface area contributed by atoms with E-state index in [0.717, 1.165) is 75.6 Å². The molecular weight excluding hydrogens is 923 g/mol. The molecule has 8 aromatic carbocycles. The van der Waals surface area contributed by atoms with Gasteiger partial charge in [0.1, 0.15) is 0 Å². The Balaban J connectivity index is 1.26. The number of hydrogen-bond acceptors (Lipinski definition) is 4. The van der Waals surface area contributed by atoms with Gasteiger partial charge < -0.3 is 0 Å². The van der Waals surface area contributed by atoms with Crippen LogP contribution >= 0.6 is 0 Å². The molecule has 0 fully saturated rings. The van der Waals surface area contributed by atoms with Crippen LogP contribution < -0.4 is 36.0 Å². The van der Waals surface area contributed by atoms with Gasteiger partial charge in [-0.3, -0.25) is 0 Å². The monoisotopic (exact) mass is 970 g/mol. The molecule has 0 atom stereocenters. The van der Waals surface area contributed by atoms with Gasteiger partial charge in [0.25, 0.3) is 0 Å². The maximum absolute atomic E-state index is 9.16. The van der Waals surface area contributed by atoms with Crippen molar-refractivity contribution in [3.8, 4) is 22.3 Å². The van der Waals surface area contributed by atoms with Gasteiger partial charge in [0.15, 0.2) is 0 Å². The quantitative estimate of drug-likeness (QED) is 0.163. The molecule has 0 saturated heterocycles. The number of nitrogens with zero attached hydrogens (tertiary/aromatic N) is 4. The van der Waals surface area contributed by atoms with Crippen LogP contribution in [0.2, 0.25) is 0 Å². The fourth-order valence-electron chi connectivity index (χ4n) is 9.11. The van der Waals surface area contributed by atoms with E-state index in [1.165, 1.54) is 11.0 Å². The van der Waals surface area contributed by atoms with E-state index in [1.54, 1.807) is 4.90 Å². The van der Waals surface area contributed by atoms with Gasteiger partial charge in [0.2, 0.25) is 0 Å². The molecule has 4 bridgehead atoms. The van der Waals surface area contributed by atoms with Crippen molar-refractivity contribution in [2.24, 2.45) is 0 Å². The van der Waals surface area contributed by atoms with Gasteiger partial charge in [0, 0.05) is 0 Å². The molecule has 0 radical (unpaired) electrons. The molecule has 8 aromatic rings. The van der Waals surface area contributed by atoms with Crippen LogP contribution in [-0.4, -0.2) is 22.0 Å². The standard InChI is InChI=1S/C55H45BN4.Pt/c1-55(2,3)42-32-34-45(35-33-42)59-39-60(53-31-14-13-30-52(53)59)47-25-16-23-44(37-47)56(43-22-15-24-46(36-43)58-38-57(4)50-28-11-12-29-51(50)58)54-48(40-18-7-5-8-19-40)26-17-27-49(54)41-20-9-6-10-21-41;/h5-37H,1-4H3;/i4D3;. The summed E-state index contributed by atoms with van der Waals surface area (Å²) in [5.41, 5.74) is 16.0. The molecule has 0 unspecified atom stereocenters. The van der Waals surface area contributed by atoms with E-state index in [9.17, 15) is 0 Å². The molecule has 3 aliphatic heterocycles. The van der Waals surface area contributed by atoms with Gasteiger partial charge in [-0.1, -0.05) is 0 Å². The Morgan fingerprint density at radius 2 is 0.902 bits per heavy atom. The molecule has 0 spiro atoms. The third-order valence-electron chi connectivity index (χ3n) is 12.0. The first-order valence-corrected chi connectivity index (χ1v) is 23.1. The van der Waals surface area contributed by atoms with Crippen molar-refractivity contribution in [2.75, 3.05) is 26.6 Å². The number of rotatable bonds is 4. The fourth-order valence-corrected chi connectivity index (χ4v) is 12.6. The Morgan fingerprint density at radius 1 is 0.443 bits per heavy atom. The molecule has 6 heteroatoms. The Bertz CT molecular complexity index is 3100. The van der Waals surface area contributed by atoms with Crippen molar-refractivity contribution in [1.82, 2.24) is 0 Å². The van der Waals surface area contributed by atoms with Crippen LogP contribution in [-0.2, 0) is 23.1 Å². The van der Waals surface area contributed by atoms with Gasteiger partial charge in [-0.2, -0.15) is 0 Å². The second-order valence-corrected chi connectivity index (χ2v) is 19.4. The number of fused-ring (bicyclic) bond motifs is 12. The number of benzene rings is 8. The van der Waals surface area contributed by atoms with E-state index in [1.807, 2.05) is 18.2 Å². The molecule has 0 amide bonds. The normalized spacial score (nSPS) is 15.3. The molecule has 4 nitrogen and oxygen atoms in total. The Hall–Kier alpha value is -6.55. The first-order valence-electron chi connectivity index (χ1n) is 22.3. The number of hydrogen-bond donors (Lipinski definition) is 0. The molecular formula is C55H45BN4Pt. The summed E-state index contributed by atoms with van der Waals surface area (Å²) in [4.78, 5) is 8.66. The van der Waals surface area contributed by atoms with E-state index in [2.05, 4.69) is 217 Å². The maximum atomic E-state index is 9.16. The van der Waals surface area contributed by atoms with Crippen molar-refractivity contribution in [3.63, 3.8) is 0 Å². The van der Waals surface area contributed by atoms with Gasteiger partial charge in [-0.05, 0) is 0 Å². The average Bonchev–Trinajstić information content (AvgIpc) is 3.82. The van der Waals surface area contributed by atoms with E-state index in [4.69, 9.17) is 4.11 Å². The Labute approximate surface area is 371 Å². The first-order chi connectivity index (χ1) is 31.0. The van der Waals surface area contributed by atoms with Crippen molar-refractivity contribution >= 4 is 71.2 Å². The van der Waals surface area contributed by atoms with Gasteiger partial charge in [0.05, 0.1) is 0 Å². The molecule has 0 saturated carbocycles. The van der Waals surface area contributed by atoms with Crippen LogP contribution in [0.25, 0.3) is 22.3 Å². The second-order valence-electron chi connectivity index (χ2n) is 16.8. The predicted molar refractivity (Wildman–Crippen MR) is 258 cm³/mol. The van der Waals surface area contributed by atoms with Crippen molar-refractivity contribution in [1.29, 1.82) is 0 Å². The van der Waals surface area contributed by atoms with Gasteiger partial charge in [-0.25, -0.2) is 0 Å². The SMILES string of the molecule is [2H]C([2H])([2H])N1[C]2=[Pt]=[C]3N(c4ccc(C(C)(C)C)cc4)c4ccccc4N3c3cccc(c3)B(c3c(-c4ccccc4)cccc3-c3ccccc3)c3cccc(c3)N2c2ccccc21. The predicted octanol–water partition coefficient (Wildman–Crippen LogP) is 11.0. The summed E-state index contributed by atoms with van der Waals surface area (Å²) in [6.07, 6.45) is 0. The molecule has 61 heavy (non-hydrogen) atoms. The van der Waals surface area contributed by atoms with E-state index < -0.39 is 24.6 Å². The first kappa shape index (κ1) is 34.2. The third kappa shape index (κ3) is 6.34. The molecule has 298 valence electrons. The van der Waals surface area contributed by atoms with Crippen LogP contribution in [0.3, 0.4) is 0 Å². The van der Waals surface area contributed by atoms with Crippen LogP contribution in [0.4, 0.5) is 39.8 Å². The summed E-state index contributed by atoms with van der Waals surface area (Å²) in [5, 5.41) is 0. The minimum atomic E-state index is -2.45. The summed E-state index contributed by atoms with van der Waals surface area (Å²) in [7, 11) is 0. The zero-order valence-corrected chi connectivity index (χ0v) is 36.5. The third-order valence-corrected chi connectivity index (χ3v) is 15.1. The van der Waals surface area contributed by atoms with Crippen molar-refractivity contribution < 1.29 is 21.8 Å². The number of para-hydroxylation sites is 4. The van der Waals surface area contributed by atoms with Gasteiger partial charge >= 0.3 is 374 Å². The fraction of sp³-hybridized carbons (Fsp3) is 0.0909. The van der Waals surface area contributed by atoms with Crippen LogP contribution in [0, 0.1) is 0 Å². The minimum absolute atomic E-state index is 0.0159. The molecule has 3 aliphatic rings. The molecule has 0 aromatic heterocycles. The summed E-state index contributed by atoms with van der Waals surface area (Å²) >= 11 is -1.27. The molecule has 0 aliphatic carbocycles. The molecule has 0 N–H and O–H groups in total. The summed E-state index contributed by atoms with van der Waals surface area (Å²) in [6.45, 7) is 4.05. The zero-order chi connectivity index (χ0) is 43.7. The van der Waals surface area contributed by atoms with Gasteiger partial charge in [-0.15, -0.1) is 0 Å². The van der Waals surface area contributed by atoms with Crippen LogP contribution in [0.1, 0.15) is 30.4 Å². The Morgan fingerprint density at radius 3 is 1.43 bits per heavy atom. The average molecular weight is 971 g/mol. The number of anilines is 7. The van der Waals surface area contributed by atoms with E-state index >= 15 is 0 Å². The second kappa shape index (κ2) is 14.9. The topological polar surface area (TPSA) is 13.0 Å². The summed E-state index contributed by atoms with van der Waals surface area (Å²) in [6, 6.07) is 71.5.